The van der Waals surface area contributed by atoms with E-state index >= 15 is 0 Å². The standard InChI is InChI=1S/C22H28ClN3O3S/c1-15-16(2)30-22(28)26(15)14-21(27)29-20-8-4-7-19(20)25-11-9-24(10-12-25)18-6-3-5-17(23)13-18/h3,5-6,13,19-20H,4,7-12,14H2,1-2H3/t19-,20+/m0/s1. The molecule has 2 fully saturated rings. The van der Waals surface area contributed by atoms with Crippen molar-refractivity contribution in [3.63, 3.8) is 0 Å². The van der Waals surface area contributed by atoms with Gasteiger partial charge in [-0.3, -0.25) is 19.1 Å². The molecule has 1 aromatic carbocycles. The molecule has 0 radical (unpaired) electrons. The molecule has 0 spiro atoms. The molecule has 0 bridgehead atoms. The zero-order valence-electron chi connectivity index (χ0n) is 17.5. The van der Waals surface area contributed by atoms with Gasteiger partial charge in [-0.15, -0.1) is 0 Å². The molecule has 2 aliphatic rings. The Labute approximate surface area is 186 Å². The van der Waals surface area contributed by atoms with Crippen LogP contribution in [-0.4, -0.2) is 53.8 Å². The number of ether oxygens (including phenoxy) is 1. The highest BCUT2D eigenvalue weighted by atomic mass is 35.5. The number of thiazole rings is 1. The van der Waals surface area contributed by atoms with Gasteiger partial charge in [-0.25, -0.2) is 0 Å². The van der Waals surface area contributed by atoms with E-state index in [2.05, 4.69) is 15.9 Å². The molecule has 0 amide bonds. The van der Waals surface area contributed by atoms with Crippen LogP contribution in [0.2, 0.25) is 5.02 Å². The van der Waals surface area contributed by atoms with Gasteiger partial charge < -0.3 is 9.64 Å². The first kappa shape index (κ1) is 21.4. The zero-order valence-corrected chi connectivity index (χ0v) is 19.0. The van der Waals surface area contributed by atoms with Crippen LogP contribution < -0.4 is 9.77 Å². The van der Waals surface area contributed by atoms with E-state index in [1.807, 2.05) is 32.0 Å². The van der Waals surface area contributed by atoms with Gasteiger partial charge in [-0.2, -0.15) is 0 Å². The number of esters is 1. The average Bonchev–Trinajstić information content (AvgIpc) is 3.28. The van der Waals surface area contributed by atoms with E-state index < -0.39 is 0 Å². The molecular formula is C22H28ClN3O3S. The lowest BCUT2D eigenvalue weighted by atomic mass is 10.1. The summed E-state index contributed by atoms with van der Waals surface area (Å²) >= 11 is 7.32. The van der Waals surface area contributed by atoms with Gasteiger partial charge in [-0.1, -0.05) is 29.0 Å². The molecule has 162 valence electrons. The van der Waals surface area contributed by atoms with Gasteiger partial charge in [0, 0.05) is 53.5 Å². The average molecular weight is 450 g/mol. The highest BCUT2D eigenvalue weighted by Crippen LogP contribution is 2.29. The van der Waals surface area contributed by atoms with Gasteiger partial charge in [0.25, 0.3) is 0 Å². The number of aromatic nitrogens is 1. The molecular weight excluding hydrogens is 422 g/mol. The summed E-state index contributed by atoms with van der Waals surface area (Å²) in [4.78, 5) is 30.3. The Morgan fingerprint density at radius 1 is 1.20 bits per heavy atom. The molecule has 0 N–H and O–H groups in total. The van der Waals surface area contributed by atoms with Crippen molar-refractivity contribution in [1.29, 1.82) is 0 Å². The van der Waals surface area contributed by atoms with Crippen molar-refractivity contribution in [1.82, 2.24) is 9.47 Å². The van der Waals surface area contributed by atoms with Gasteiger partial charge in [-0.05, 0) is 51.3 Å². The van der Waals surface area contributed by atoms with Crippen LogP contribution in [0, 0.1) is 13.8 Å². The second kappa shape index (κ2) is 9.12. The Morgan fingerprint density at radius 3 is 2.63 bits per heavy atom. The van der Waals surface area contributed by atoms with Crippen LogP contribution in [0.5, 0.6) is 0 Å². The van der Waals surface area contributed by atoms with Crippen molar-refractivity contribution in [2.45, 2.75) is 51.8 Å². The summed E-state index contributed by atoms with van der Waals surface area (Å²) in [6, 6.07) is 8.24. The number of hydrogen-bond acceptors (Lipinski definition) is 6. The highest BCUT2D eigenvalue weighted by molar-refractivity contribution is 7.09. The smallest absolute Gasteiger partial charge is 0.326 e. The van der Waals surface area contributed by atoms with Gasteiger partial charge in [0.05, 0.1) is 0 Å². The van der Waals surface area contributed by atoms with Crippen molar-refractivity contribution in [3.8, 4) is 0 Å². The summed E-state index contributed by atoms with van der Waals surface area (Å²) in [6.45, 7) is 7.51. The Kier molecular flexibility index (Phi) is 6.51. The molecule has 2 heterocycles. The van der Waals surface area contributed by atoms with Gasteiger partial charge >= 0.3 is 10.8 Å². The first-order valence-electron chi connectivity index (χ1n) is 10.5. The third-order valence-corrected chi connectivity index (χ3v) is 7.55. The van der Waals surface area contributed by atoms with Crippen LogP contribution >= 0.6 is 22.9 Å². The summed E-state index contributed by atoms with van der Waals surface area (Å²) in [5.41, 5.74) is 2.01. The lowest BCUT2D eigenvalue weighted by Crippen LogP contribution is -2.53. The third kappa shape index (κ3) is 4.58. The first-order valence-corrected chi connectivity index (χ1v) is 11.7. The van der Waals surface area contributed by atoms with E-state index in [4.69, 9.17) is 16.3 Å². The van der Waals surface area contributed by atoms with Crippen LogP contribution in [0.15, 0.2) is 29.1 Å². The molecule has 1 aromatic heterocycles. The molecule has 1 saturated heterocycles. The fourth-order valence-corrected chi connectivity index (χ4v) is 5.57. The molecule has 1 saturated carbocycles. The number of carbonyl (C=O) groups is 1. The largest absolute Gasteiger partial charge is 0.459 e. The Hall–Kier alpha value is -1.83. The van der Waals surface area contributed by atoms with E-state index in [1.165, 1.54) is 15.9 Å². The van der Waals surface area contributed by atoms with Crippen molar-refractivity contribution in [2.24, 2.45) is 0 Å². The third-order valence-electron chi connectivity index (χ3n) is 6.32. The fourth-order valence-electron chi connectivity index (χ4n) is 4.55. The number of halogens is 1. The lowest BCUT2D eigenvalue weighted by Gasteiger charge is -2.40. The van der Waals surface area contributed by atoms with E-state index in [9.17, 15) is 9.59 Å². The molecule has 2 aromatic rings. The normalized spacial score (nSPS) is 22.4. The monoisotopic (exact) mass is 449 g/mol. The number of hydrogen-bond donors (Lipinski definition) is 0. The van der Waals surface area contributed by atoms with Crippen molar-refractivity contribution in [3.05, 3.63) is 49.5 Å². The molecule has 0 unspecified atom stereocenters. The molecule has 6 nitrogen and oxygen atoms in total. The Balaban J connectivity index is 1.34. The summed E-state index contributed by atoms with van der Waals surface area (Å²) in [5.74, 6) is -0.313. The first-order chi connectivity index (χ1) is 14.4. The maximum Gasteiger partial charge on any atom is 0.326 e. The number of rotatable bonds is 5. The SMILES string of the molecule is Cc1sc(=O)n(CC(=O)O[C@@H]2CCC[C@@H]2N2CCN(c3cccc(Cl)c3)CC2)c1C. The minimum atomic E-state index is -0.313. The van der Waals surface area contributed by atoms with Crippen molar-refractivity contribution in [2.75, 3.05) is 31.1 Å². The summed E-state index contributed by atoms with van der Waals surface area (Å²) in [7, 11) is 0. The van der Waals surface area contributed by atoms with Crippen LogP contribution in [-0.2, 0) is 16.1 Å². The minimum Gasteiger partial charge on any atom is -0.459 e. The summed E-state index contributed by atoms with van der Waals surface area (Å²) in [6.07, 6.45) is 2.91. The molecule has 1 aliphatic heterocycles. The van der Waals surface area contributed by atoms with Gasteiger partial charge in [0.1, 0.15) is 12.6 Å². The van der Waals surface area contributed by atoms with Gasteiger partial charge in [0.15, 0.2) is 0 Å². The lowest BCUT2D eigenvalue weighted by molar-refractivity contribution is -0.152. The summed E-state index contributed by atoms with van der Waals surface area (Å²) < 4.78 is 7.38. The maximum atomic E-state index is 12.6. The van der Waals surface area contributed by atoms with E-state index in [1.54, 1.807) is 0 Å². The van der Waals surface area contributed by atoms with E-state index in [0.29, 0.717) is 0 Å². The molecule has 4 rings (SSSR count). The number of nitrogens with zero attached hydrogens (tertiary/aromatic N) is 3. The Morgan fingerprint density at radius 2 is 1.97 bits per heavy atom. The quantitative estimate of drug-likeness (QED) is 0.654. The maximum absolute atomic E-state index is 12.6. The molecule has 30 heavy (non-hydrogen) atoms. The zero-order chi connectivity index (χ0) is 21.3. The number of piperazine rings is 1. The Bertz CT molecular complexity index is 965. The highest BCUT2D eigenvalue weighted by Gasteiger charge is 2.36. The minimum absolute atomic E-state index is 0.000765. The van der Waals surface area contributed by atoms with E-state index in [-0.39, 0.29) is 29.5 Å². The topological polar surface area (TPSA) is 54.8 Å². The second-order valence-corrected chi connectivity index (χ2v) is 9.73. The van der Waals surface area contributed by atoms with Crippen LogP contribution in [0.25, 0.3) is 0 Å². The number of anilines is 1. The van der Waals surface area contributed by atoms with Crippen LogP contribution in [0.3, 0.4) is 0 Å². The van der Waals surface area contributed by atoms with E-state index in [0.717, 1.165) is 66.7 Å². The number of aryl methyl sites for hydroxylation is 1. The van der Waals surface area contributed by atoms with Crippen molar-refractivity contribution >= 4 is 34.6 Å². The van der Waals surface area contributed by atoms with Crippen LogP contribution in [0.1, 0.15) is 29.8 Å². The summed E-state index contributed by atoms with van der Waals surface area (Å²) in [5, 5.41) is 0.757. The van der Waals surface area contributed by atoms with Crippen molar-refractivity contribution < 1.29 is 9.53 Å². The fraction of sp³-hybridized carbons (Fsp3) is 0.545. The van der Waals surface area contributed by atoms with Crippen LogP contribution in [0.4, 0.5) is 5.69 Å². The predicted octanol–water partition coefficient (Wildman–Crippen LogP) is 3.47. The number of carbonyl (C=O) groups excluding carboxylic acids is 1. The molecule has 8 heteroatoms. The van der Waals surface area contributed by atoms with Gasteiger partial charge in [0.2, 0.25) is 0 Å². The second-order valence-electron chi connectivity index (χ2n) is 8.13. The molecule has 2 atom stereocenters. The number of benzene rings is 1. The molecule has 1 aliphatic carbocycles. The predicted molar refractivity (Wildman–Crippen MR) is 121 cm³/mol.